The fourth-order valence-electron chi connectivity index (χ4n) is 2.72. The number of rotatable bonds is 3. The molecule has 0 saturated heterocycles. The third kappa shape index (κ3) is 3.26. The van der Waals surface area contributed by atoms with Crippen molar-refractivity contribution in [2.45, 2.75) is 18.9 Å². The van der Waals surface area contributed by atoms with E-state index in [0.717, 1.165) is 13.0 Å². The van der Waals surface area contributed by atoms with Gasteiger partial charge in [0.2, 0.25) is 5.91 Å². The van der Waals surface area contributed by atoms with Gasteiger partial charge in [-0.2, -0.15) is 0 Å². The minimum Gasteiger partial charge on any atom is -0.325 e. The van der Waals surface area contributed by atoms with Crippen LogP contribution in [-0.4, -0.2) is 12.5 Å². The average Bonchev–Trinajstić information content (AvgIpc) is 2.50. The van der Waals surface area contributed by atoms with Crippen LogP contribution in [0.1, 0.15) is 23.6 Å². The Morgan fingerprint density at radius 3 is 2.81 bits per heavy atom. The molecule has 0 aliphatic carbocycles. The average molecular weight is 301 g/mol. The van der Waals surface area contributed by atoms with Crippen molar-refractivity contribution in [1.29, 1.82) is 0 Å². The van der Waals surface area contributed by atoms with Crippen LogP contribution in [0, 0.1) is 0 Å². The maximum absolute atomic E-state index is 12.2. The van der Waals surface area contributed by atoms with Gasteiger partial charge in [-0.1, -0.05) is 48.0 Å². The number of amides is 1. The highest BCUT2D eigenvalue weighted by molar-refractivity contribution is 6.33. The summed E-state index contributed by atoms with van der Waals surface area (Å²) in [6.07, 6.45) is 1.42. The molecule has 0 spiro atoms. The first-order chi connectivity index (χ1) is 10.2. The van der Waals surface area contributed by atoms with E-state index in [1.54, 1.807) is 6.07 Å². The molecule has 1 aliphatic heterocycles. The molecule has 0 aromatic heterocycles. The maximum atomic E-state index is 12.2. The fraction of sp³-hybridized carbons (Fsp3) is 0.235. The first-order valence-electron chi connectivity index (χ1n) is 7.09. The van der Waals surface area contributed by atoms with Crippen LogP contribution < -0.4 is 10.6 Å². The summed E-state index contributed by atoms with van der Waals surface area (Å²) in [5.74, 6) is -0.0303. The highest BCUT2D eigenvalue weighted by atomic mass is 35.5. The van der Waals surface area contributed by atoms with Crippen LogP contribution in [-0.2, 0) is 11.2 Å². The predicted molar refractivity (Wildman–Crippen MR) is 85.6 cm³/mol. The number of hydrogen-bond acceptors (Lipinski definition) is 2. The molecule has 3 rings (SSSR count). The standard InChI is InChI=1S/C17H17ClN2O/c18-14-7-3-4-8-15(14)20-17(21)11-16-13-6-2-1-5-12(13)9-10-19-16/h1-8,16,19H,9-11H2,(H,20,21)/t16-/m0/s1. The van der Waals surface area contributed by atoms with Gasteiger partial charge in [0.15, 0.2) is 0 Å². The van der Waals surface area contributed by atoms with E-state index >= 15 is 0 Å². The lowest BCUT2D eigenvalue weighted by Crippen LogP contribution is -2.32. The fourth-order valence-corrected chi connectivity index (χ4v) is 2.91. The number of anilines is 1. The second-order valence-electron chi connectivity index (χ2n) is 5.19. The molecule has 108 valence electrons. The molecule has 0 radical (unpaired) electrons. The number of para-hydroxylation sites is 1. The molecule has 21 heavy (non-hydrogen) atoms. The second kappa shape index (κ2) is 6.29. The van der Waals surface area contributed by atoms with E-state index in [0.29, 0.717) is 17.1 Å². The van der Waals surface area contributed by atoms with Gasteiger partial charge in [0.1, 0.15) is 0 Å². The first kappa shape index (κ1) is 14.1. The molecule has 1 amide bonds. The van der Waals surface area contributed by atoms with Crippen molar-refractivity contribution < 1.29 is 4.79 Å². The van der Waals surface area contributed by atoms with Crippen LogP contribution in [0.3, 0.4) is 0 Å². The van der Waals surface area contributed by atoms with Gasteiger partial charge in [-0.3, -0.25) is 4.79 Å². The highest BCUT2D eigenvalue weighted by Gasteiger charge is 2.21. The summed E-state index contributed by atoms with van der Waals surface area (Å²) >= 11 is 6.06. The Morgan fingerprint density at radius 1 is 1.19 bits per heavy atom. The van der Waals surface area contributed by atoms with Crippen molar-refractivity contribution >= 4 is 23.2 Å². The van der Waals surface area contributed by atoms with Crippen molar-refractivity contribution in [2.24, 2.45) is 0 Å². The monoisotopic (exact) mass is 300 g/mol. The van der Waals surface area contributed by atoms with Crippen molar-refractivity contribution in [2.75, 3.05) is 11.9 Å². The van der Waals surface area contributed by atoms with E-state index in [4.69, 9.17) is 11.6 Å². The normalized spacial score (nSPS) is 17.1. The zero-order valence-corrected chi connectivity index (χ0v) is 12.4. The summed E-state index contributed by atoms with van der Waals surface area (Å²) < 4.78 is 0. The van der Waals surface area contributed by atoms with Gasteiger partial charge in [0.25, 0.3) is 0 Å². The number of carbonyl (C=O) groups excluding carboxylic acids is 1. The molecule has 0 bridgehead atoms. The van der Waals surface area contributed by atoms with Crippen molar-refractivity contribution in [1.82, 2.24) is 5.32 Å². The number of halogens is 1. The largest absolute Gasteiger partial charge is 0.325 e. The van der Waals surface area contributed by atoms with Crippen molar-refractivity contribution in [3.8, 4) is 0 Å². The molecule has 1 heterocycles. The topological polar surface area (TPSA) is 41.1 Å². The third-order valence-electron chi connectivity index (χ3n) is 3.75. The molecule has 1 aliphatic rings. The quantitative estimate of drug-likeness (QED) is 0.910. The summed E-state index contributed by atoms with van der Waals surface area (Å²) in [6.45, 7) is 0.904. The molecule has 3 nitrogen and oxygen atoms in total. The van der Waals surface area contributed by atoms with E-state index < -0.39 is 0 Å². The van der Waals surface area contributed by atoms with Gasteiger partial charge >= 0.3 is 0 Å². The lowest BCUT2D eigenvalue weighted by atomic mass is 9.92. The minimum atomic E-state index is -0.0303. The van der Waals surface area contributed by atoms with Crippen LogP contribution in [0.15, 0.2) is 48.5 Å². The van der Waals surface area contributed by atoms with Gasteiger partial charge < -0.3 is 10.6 Å². The molecule has 0 saturated carbocycles. The Hall–Kier alpha value is -1.84. The Balaban J connectivity index is 1.70. The third-order valence-corrected chi connectivity index (χ3v) is 4.08. The number of carbonyl (C=O) groups is 1. The molecule has 2 aromatic carbocycles. The van der Waals surface area contributed by atoms with E-state index in [1.165, 1.54) is 11.1 Å². The summed E-state index contributed by atoms with van der Waals surface area (Å²) in [5.41, 5.74) is 3.21. The second-order valence-corrected chi connectivity index (χ2v) is 5.59. The van der Waals surface area contributed by atoms with E-state index in [2.05, 4.69) is 22.8 Å². The van der Waals surface area contributed by atoms with Gasteiger partial charge in [-0.25, -0.2) is 0 Å². The number of fused-ring (bicyclic) bond motifs is 1. The highest BCUT2D eigenvalue weighted by Crippen LogP contribution is 2.26. The van der Waals surface area contributed by atoms with Crippen LogP contribution >= 0.6 is 11.6 Å². The summed E-state index contributed by atoms with van der Waals surface area (Å²) in [4.78, 5) is 12.2. The van der Waals surface area contributed by atoms with Crippen LogP contribution in [0.25, 0.3) is 0 Å². The summed E-state index contributed by atoms with van der Waals surface area (Å²) in [6, 6.07) is 15.6. The molecule has 4 heteroatoms. The van der Waals surface area contributed by atoms with Gasteiger partial charge in [0, 0.05) is 12.5 Å². The number of hydrogen-bond donors (Lipinski definition) is 2. The zero-order valence-electron chi connectivity index (χ0n) is 11.6. The van der Waals surface area contributed by atoms with Gasteiger partial charge in [0.05, 0.1) is 10.7 Å². The van der Waals surface area contributed by atoms with Crippen LogP contribution in [0.5, 0.6) is 0 Å². The molecule has 2 N–H and O–H groups in total. The van der Waals surface area contributed by atoms with E-state index in [9.17, 15) is 4.79 Å². The smallest absolute Gasteiger partial charge is 0.226 e. The SMILES string of the molecule is O=C(C[C@@H]1NCCc2ccccc21)Nc1ccccc1Cl. The van der Waals surface area contributed by atoms with Crippen LogP contribution in [0.4, 0.5) is 5.69 Å². The lowest BCUT2D eigenvalue weighted by molar-refractivity contribution is -0.116. The lowest BCUT2D eigenvalue weighted by Gasteiger charge is -2.26. The van der Waals surface area contributed by atoms with E-state index in [-0.39, 0.29) is 11.9 Å². The minimum absolute atomic E-state index is 0.0303. The molecule has 0 fully saturated rings. The number of nitrogens with one attached hydrogen (secondary N) is 2. The Bertz CT molecular complexity index is 657. The molecule has 2 aromatic rings. The zero-order chi connectivity index (χ0) is 14.7. The van der Waals surface area contributed by atoms with Crippen LogP contribution in [0.2, 0.25) is 5.02 Å². The molecule has 1 atom stereocenters. The molecular weight excluding hydrogens is 284 g/mol. The molecular formula is C17H17ClN2O. The Kier molecular flexibility index (Phi) is 4.23. The van der Waals surface area contributed by atoms with Crippen molar-refractivity contribution in [3.63, 3.8) is 0 Å². The van der Waals surface area contributed by atoms with Gasteiger partial charge in [-0.05, 0) is 36.2 Å². The van der Waals surface area contributed by atoms with Crippen molar-refractivity contribution in [3.05, 3.63) is 64.7 Å². The number of benzene rings is 2. The summed E-state index contributed by atoms with van der Waals surface area (Å²) in [7, 11) is 0. The maximum Gasteiger partial charge on any atom is 0.226 e. The predicted octanol–water partition coefficient (Wildman–Crippen LogP) is 3.56. The Labute approximate surface area is 129 Å². The van der Waals surface area contributed by atoms with E-state index in [1.807, 2.05) is 30.3 Å². The van der Waals surface area contributed by atoms with Gasteiger partial charge in [-0.15, -0.1) is 0 Å². The first-order valence-corrected chi connectivity index (χ1v) is 7.47. The molecule has 0 unspecified atom stereocenters. The summed E-state index contributed by atoms with van der Waals surface area (Å²) in [5, 5.41) is 6.85. The Morgan fingerprint density at radius 2 is 1.95 bits per heavy atom.